The standard InChI is InChI=1S/C27H36O3/c1-17-13-20-19(23(17)30-16-18-9-7-6-8-10-18)15-26(5)22(28)14-21-24(2,3)11-12-25(21,4)27(20,26)29/h6-12,17,19-21,23,29H,13-16H2,1-5H3/t17-,19+,20+,21-,23+,25-,26-,27-/m1/s1. The Hall–Kier alpha value is -1.45. The SMILES string of the molecule is C[C@@H]1C[C@H]2[C@H](C[C@]3(C)C(=O)C[C@@H]4C(C)(C)C=C[C@@]4(C)[C@]23O)[C@H]1OCc1ccccc1. The van der Waals surface area contributed by atoms with Crippen LogP contribution < -0.4 is 0 Å². The molecule has 0 spiro atoms. The van der Waals surface area contributed by atoms with Crippen LogP contribution in [0, 0.1) is 39.9 Å². The minimum atomic E-state index is -1.01. The van der Waals surface area contributed by atoms with Crippen molar-refractivity contribution in [3.8, 4) is 0 Å². The second-order valence-corrected chi connectivity index (χ2v) is 11.7. The summed E-state index contributed by atoms with van der Waals surface area (Å²) in [6.45, 7) is 11.6. The molecular weight excluding hydrogens is 372 g/mol. The third kappa shape index (κ3) is 2.37. The number of benzene rings is 1. The molecule has 1 aromatic rings. The second-order valence-electron chi connectivity index (χ2n) is 11.7. The van der Waals surface area contributed by atoms with E-state index < -0.39 is 11.0 Å². The van der Waals surface area contributed by atoms with E-state index in [0.717, 1.165) is 12.8 Å². The lowest BCUT2D eigenvalue weighted by molar-refractivity contribution is -0.204. The zero-order chi connectivity index (χ0) is 21.5. The van der Waals surface area contributed by atoms with E-state index >= 15 is 0 Å². The fourth-order valence-corrected chi connectivity index (χ4v) is 8.18. The highest BCUT2D eigenvalue weighted by Crippen LogP contribution is 2.73. The number of carbonyl (C=O) groups excluding carboxylic acids is 1. The van der Waals surface area contributed by atoms with Crippen molar-refractivity contribution in [3.63, 3.8) is 0 Å². The van der Waals surface area contributed by atoms with Gasteiger partial charge in [-0.2, -0.15) is 0 Å². The zero-order valence-electron chi connectivity index (χ0n) is 19.0. The molecule has 0 amide bonds. The Balaban J connectivity index is 1.50. The van der Waals surface area contributed by atoms with Gasteiger partial charge >= 0.3 is 0 Å². The number of allylic oxidation sites excluding steroid dienone is 1. The molecule has 1 aromatic carbocycles. The molecule has 0 unspecified atom stereocenters. The third-order valence-corrected chi connectivity index (χ3v) is 9.74. The number of hydrogen-bond acceptors (Lipinski definition) is 3. The second kappa shape index (κ2) is 6.29. The van der Waals surface area contributed by atoms with Crippen LogP contribution in [0.5, 0.6) is 0 Å². The average molecular weight is 409 g/mol. The molecule has 5 rings (SSSR count). The number of fused-ring (bicyclic) bond motifs is 5. The van der Waals surface area contributed by atoms with E-state index in [1.807, 2.05) is 25.1 Å². The maximum atomic E-state index is 13.5. The normalized spacial score (nSPS) is 48.5. The van der Waals surface area contributed by atoms with Gasteiger partial charge in [0.2, 0.25) is 0 Å². The van der Waals surface area contributed by atoms with Crippen molar-refractivity contribution in [3.05, 3.63) is 48.0 Å². The molecule has 0 saturated heterocycles. The number of hydrogen-bond donors (Lipinski definition) is 1. The molecular formula is C27H36O3. The van der Waals surface area contributed by atoms with Crippen molar-refractivity contribution in [2.45, 2.75) is 72.2 Å². The largest absolute Gasteiger partial charge is 0.388 e. The van der Waals surface area contributed by atoms with Gasteiger partial charge in [-0.05, 0) is 54.4 Å². The quantitative estimate of drug-likeness (QED) is 0.701. The highest BCUT2D eigenvalue weighted by Gasteiger charge is 2.77. The van der Waals surface area contributed by atoms with E-state index in [-0.39, 0.29) is 40.5 Å². The van der Waals surface area contributed by atoms with Gasteiger partial charge in [0, 0.05) is 11.8 Å². The molecule has 4 aliphatic carbocycles. The van der Waals surface area contributed by atoms with E-state index in [4.69, 9.17) is 4.74 Å². The summed E-state index contributed by atoms with van der Waals surface area (Å²) in [6.07, 6.45) is 6.85. The third-order valence-electron chi connectivity index (χ3n) is 9.74. The molecule has 0 bridgehead atoms. The highest BCUT2D eigenvalue weighted by atomic mass is 16.5. The van der Waals surface area contributed by atoms with Gasteiger partial charge in [-0.3, -0.25) is 4.79 Å². The van der Waals surface area contributed by atoms with E-state index in [9.17, 15) is 9.90 Å². The molecule has 30 heavy (non-hydrogen) atoms. The first-order chi connectivity index (χ1) is 14.0. The first-order valence-corrected chi connectivity index (χ1v) is 11.7. The van der Waals surface area contributed by atoms with Crippen molar-refractivity contribution < 1.29 is 14.6 Å². The fraction of sp³-hybridized carbons (Fsp3) is 0.667. The first-order valence-electron chi connectivity index (χ1n) is 11.7. The number of rotatable bonds is 3. The van der Waals surface area contributed by atoms with Crippen LogP contribution in [0.1, 0.15) is 59.4 Å². The molecule has 3 nitrogen and oxygen atoms in total. The van der Waals surface area contributed by atoms with Crippen molar-refractivity contribution >= 4 is 5.78 Å². The Morgan fingerprint density at radius 1 is 1.10 bits per heavy atom. The van der Waals surface area contributed by atoms with Crippen LogP contribution in [0.4, 0.5) is 0 Å². The minimum absolute atomic E-state index is 0.0625. The Bertz CT molecular complexity index is 889. The lowest BCUT2D eigenvalue weighted by atomic mass is 9.46. The zero-order valence-corrected chi connectivity index (χ0v) is 19.0. The predicted octanol–water partition coefficient (Wildman–Crippen LogP) is 5.18. The van der Waals surface area contributed by atoms with E-state index in [1.54, 1.807) is 0 Å². The molecule has 8 atom stereocenters. The van der Waals surface area contributed by atoms with Crippen LogP contribution in [-0.2, 0) is 16.1 Å². The van der Waals surface area contributed by atoms with Crippen LogP contribution in [0.3, 0.4) is 0 Å². The maximum absolute atomic E-state index is 13.5. The van der Waals surface area contributed by atoms with Crippen LogP contribution in [-0.4, -0.2) is 22.6 Å². The van der Waals surface area contributed by atoms with Gasteiger partial charge in [0.15, 0.2) is 0 Å². The topological polar surface area (TPSA) is 46.5 Å². The van der Waals surface area contributed by atoms with Crippen molar-refractivity contribution in [1.29, 1.82) is 0 Å². The monoisotopic (exact) mass is 408 g/mol. The Kier molecular flexibility index (Phi) is 4.29. The van der Waals surface area contributed by atoms with Gasteiger partial charge in [-0.1, -0.05) is 70.2 Å². The highest BCUT2D eigenvalue weighted by molar-refractivity contribution is 5.89. The van der Waals surface area contributed by atoms with Crippen LogP contribution in [0.2, 0.25) is 0 Å². The molecule has 162 valence electrons. The van der Waals surface area contributed by atoms with Gasteiger partial charge in [0.1, 0.15) is 5.78 Å². The van der Waals surface area contributed by atoms with Crippen molar-refractivity contribution in [2.24, 2.45) is 39.9 Å². The summed E-state index contributed by atoms with van der Waals surface area (Å²) in [7, 11) is 0. The number of aliphatic hydroxyl groups is 1. The van der Waals surface area contributed by atoms with Crippen molar-refractivity contribution in [1.82, 2.24) is 0 Å². The maximum Gasteiger partial charge on any atom is 0.142 e. The first kappa shape index (κ1) is 20.5. The summed E-state index contributed by atoms with van der Waals surface area (Å²) < 4.78 is 6.49. The molecule has 4 aliphatic rings. The summed E-state index contributed by atoms with van der Waals surface area (Å²) in [5, 5.41) is 12.6. The number of ketones is 1. The van der Waals surface area contributed by atoms with Crippen LogP contribution in [0.25, 0.3) is 0 Å². The molecule has 3 heteroatoms. The summed E-state index contributed by atoms with van der Waals surface area (Å²) >= 11 is 0. The molecule has 0 heterocycles. The molecule has 0 radical (unpaired) electrons. The van der Waals surface area contributed by atoms with Gasteiger partial charge in [0.25, 0.3) is 0 Å². The molecule has 1 N–H and O–H groups in total. The minimum Gasteiger partial charge on any atom is -0.388 e. The Morgan fingerprint density at radius 2 is 1.80 bits per heavy atom. The lowest BCUT2D eigenvalue weighted by Crippen LogP contribution is -2.66. The number of Topliss-reactive ketones (excluding diaryl/α,β-unsaturated/α-hetero) is 1. The molecule has 0 aliphatic heterocycles. The van der Waals surface area contributed by atoms with Crippen LogP contribution >= 0.6 is 0 Å². The van der Waals surface area contributed by atoms with E-state index in [2.05, 4.69) is 52.0 Å². The smallest absolute Gasteiger partial charge is 0.142 e. The average Bonchev–Trinajstić information content (AvgIpc) is 3.23. The molecule has 3 fully saturated rings. The predicted molar refractivity (Wildman–Crippen MR) is 118 cm³/mol. The lowest BCUT2D eigenvalue weighted by Gasteiger charge is -2.59. The number of carbonyl (C=O) groups is 1. The summed E-state index contributed by atoms with van der Waals surface area (Å²) in [5.41, 5.74) is -0.947. The number of ether oxygens (including phenoxy) is 1. The van der Waals surface area contributed by atoms with E-state index in [0.29, 0.717) is 18.9 Å². The molecule has 3 saturated carbocycles. The van der Waals surface area contributed by atoms with Gasteiger partial charge in [-0.25, -0.2) is 0 Å². The summed E-state index contributed by atoms with van der Waals surface area (Å²) in [4.78, 5) is 13.5. The summed E-state index contributed by atoms with van der Waals surface area (Å²) in [5.74, 6) is 1.14. The Labute approximate surface area is 180 Å². The summed E-state index contributed by atoms with van der Waals surface area (Å²) in [6, 6.07) is 10.3. The van der Waals surface area contributed by atoms with E-state index in [1.165, 1.54) is 5.56 Å². The fourth-order valence-electron chi connectivity index (χ4n) is 8.18. The van der Waals surface area contributed by atoms with Gasteiger partial charge < -0.3 is 9.84 Å². The van der Waals surface area contributed by atoms with Crippen LogP contribution in [0.15, 0.2) is 42.5 Å². The molecule has 0 aromatic heterocycles. The van der Waals surface area contributed by atoms with Crippen molar-refractivity contribution in [2.75, 3.05) is 0 Å². The Morgan fingerprint density at radius 3 is 2.50 bits per heavy atom. The van der Waals surface area contributed by atoms with Gasteiger partial charge in [0.05, 0.1) is 23.7 Å². The van der Waals surface area contributed by atoms with Gasteiger partial charge in [-0.15, -0.1) is 0 Å².